The van der Waals surface area contributed by atoms with Crippen molar-refractivity contribution >= 4 is 28.3 Å². The average molecular weight is 432 g/mol. The topological polar surface area (TPSA) is 105 Å². The van der Waals surface area contributed by atoms with Crippen LogP contribution >= 0.6 is 11.6 Å². The molecule has 156 valence electrons. The van der Waals surface area contributed by atoms with Gasteiger partial charge in [-0.1, -0.05) is 17.7 Å². The number of nitrogens with two attached hydrogens (primary N) is 1. The Morgan fingerprint density at radius 2 is 2.03 bits per heavy atom. The van der Waals surface area contributed by atoms with Crippen LogP contribution in [0.4, 0.5) is 5.82 Å². The molecule has 3 aromatic heterocycles. The van der Waals surface area contributed by atoms with Gasteiger partial charge in [-0.15, -0.1) is 0 Å². The number of nitriles is 1. The third-order valence-electron chi connectivity index (χ3n) is 5.18. The minimum atomic E-state index is 0.483. The maximum atomic E-state index is 9.53. The van der Waals surface area contributed by atoms with Crippen LogP contribution in [0.25, 0.3) is 10.9 Å². The van der Waals surface area contributed by atoms with E-state index in [1.54, 1.807) is 17.1 Å². The molecule has 8 heteroatoms. The van der Waals surface area contributed by atoms with Gasteiger partial charge in [0.15, 0.2) is 0 Å². The number of nitrogens with zero attached hydrogens (tertiary/aromatic N) is 5. The molecule has 4 rings (SSSR count). The highest BCUT2D eigenvalue weighted by molar-refractivity contribution is 6.31. The summed E-state index contributed by atoms with van der Waals surface area (Å²) in [7, 11) is 0. The van der Waals surface area contributed by atoms with Crippen LogP contribution in [0.15, 0.2) is 42.7 Å². The van der Waals surface area contributed by atoms with E-state index in [9.17, 15) is 5.26 Å². The highest BCUT2D eigenvalue weighted by Gasteiger charge is 2.11. The monoisotopic (exact) mass is 431 g/mol. The van der Waals surface area contributed by atoms with Gasteiger partial charge in [0.05, 0.1) is 28.3 Å². The molecule has 1 aromatic carbocycles. The van der Waals surface area contributed by atoms with Crippen LogP contribution in [0.3, 0.4) is 0 Å². The third kappa shape index (κ3) is 4.66. The summed E-state index contributed by atoms with van der Waals surface area (Å²) >= 11 is 6.06. The summed E-state index contributed by atoms with van der Waals surface area (Å²) in [5, 5.41) is 19.1. The average Bonchev–Trinajstić information content (AvgIpc) is 3.11. The fraction of sp³-hybridized carbons (Fsp3) is 0.217. The Morgan fingerprint density at radius 1 is 1.19 bits per heavy atom. The molecule has 0 fully saturated rings. The summed E-state index contributed by atoms with van der Waals surface area (Å²) in [5.74, 6) is 0.524. The molecule has 0 radical (unpaired) electrons. The van der Waals surface area contributed by atoms with Gasteiger partial charge in [-0.05, 0) is 54.8 Å². The molecule has 3 N–H and O–H groups in total. The van der Waals surface area contributed by atoms with Crippen LogP contribution in [0.2, 0.25) is 5.02 Å². The predicted molar refractivity (Wildman–Crippen MR) is 121 cm³/mol. The van der Waals surface area contributed by atoms with Gasteiger partial charge in [0.25, 0.3) is 0 Å². The number of anilines is 1. The first-order chi connectivity index (χ1) is 14.9. The quantitative estimate of drug-likeness (QED) is 0.479. The number of benzene rings is 1. The van der Waals surface area contributed by atoms with Crippen LogP contribution in [-0.4, -0.2) is 19.7 Å². The van der Waals surface area contributed by atoms with Crippen LogP contribution in [-0.2, 0) is 19.6 Å². The molecule has 0 saturated heterocycles. The Kier molecular flexibility index (Phi) is 5.85. The van der Waals surface area contributed by atoms with Crippen molar-refractivity contribution in [3.05, 3.63) is 81.4 Å². The smallest absolute Gasteiger partial charge is 0.123 e. The molecule has 4 aromatic rings. The molecule has 0 amide bonds. The molecular formula is C23H22ClN7. The van der Waals surface area contributed by atoms with Crippen LogP contribution in [0.5, 0.6) is 0 Å². The second kappa shape index (κ2) is 8.72. The van der Waals surface area contributed by atoms with Crippen molar-refractivity contribution in [1.82, 2.24) is 25.1 Å². The maximum Gasteiger partial charge on any atom is 0.123 e. The van der Waals surface area contributed by atoms with Crippen LogP contribution in [0.1, 0.15) is 33.6 Å². The van der Waals surface area contributed by atoms with Crippen LogP contribution < -0.4 is 11.1 Å². The lowest BCUT2D eigenvalue weighted by atomic mass is 10.1. The molecule has 0 atom stereocenters. The molecule has 31 heavy (non-hydrogen) atoms. The standard InChI is InChI=1S/C23H22ClN7/c1-14-5-23(26)29-15(2)20(14)10-27-11-22-18(8-25)13-31(30-22)12-16-3-4-21-17(6-16)7-19(24)9-28-21/h3-7,9,13,27H,10-12H2,1-2H3,(H2,26,29). The first-order valence-electron chi connectivity index (χ1n) is 9.87. The number of fused-ring (bicyclic) bond motifs is 1. The molecule has 0 aliphatic heterocycles. The number of hydrogen-bond acceptors (Lipinski definition) is 6. The summed E-state index contributed by atoms with van der Waals surface area (Å²) in [6, 6.07) is 12.0. The fourth-order valence-electron chi connectivity index (χ4n) is 3.67. The zero-order valence-electron chi connectivity index (χ0n) is 17.4. The van der Waals surface area contributed by atoms with Gasteiger partial charge < -0.3 is 11.1 Å². The molecule has 0 aliphatic carbocycles. The van der Waals surface area contributed by atoms with Gasteiger partial charge in [-0.3, -0.25) is 9.67 Å². The molecule has 3 heterocycles. The van der Waals surface area contributed by atoms with Gasteiger partial charge in [-0.25, -0.2) is 4.98 Å². The van der Waals surface area contributed by atoms with E-state index in [1.165, 1.54) is 0 Å². The lowest BCUT2D eigenvalue weighted by Crippen LogP contribution is -2.16. The fourth-order valence-corrected chi connectivity index (χ4v) is 3.83. The third-order valence-corrected chi connectivity index (χ3v) is 5.39. The largest absolute Gasteiger partial charge is 0.384 e. The van der Waals surface area contributed by atoms with E-state index in [1.807, 2.05) is 44.2 Å². The van der Waals surface area contributed by atoms with Gasteiger partial charge in [-0.2, -0.15) is 10.4 Å². The molecule has 0 spiro atoms. The number of hydrogen-bond donors (Lipinski definition) is 2. The van der Waals surface area contributed by atoms with Crippen molar-refractivity contribution in [3.8, 4) is 6.07 Å². The molecule has 0 unspecified atom stereocenters. The summed E-state index contributed by atoms with van der Waals surface area (Å²) < 4.78 is 1.79. The van der Waals surface area contributed by atoms with E-state index >= 15 is 0 Å². The number of nitrogen functional groups attached to an aromatic ring is 1. The highest BCUT2D eigenvalue weighted by Crippen LogP contribution is 2.19. The Balaban J connectivity index is 1.47. The normalized spacial score (nSPS) is 11.0. The zero-order valence-corrected chi connectivity index (χ0v) is 18.1. The predicted octanol–water partition coefficient (Wildman–Crippen LogP) is 3.89. The van der Waals surface area contributed by atoms with Gasteiger partial charge in [0.1, 0.15) is 11.9 Å². The Labute approximate surface area is 185 Å². The van der Waals surface area contributed by atoms with E-state index in [0.717, 1.165) is 33.3 Å². The van der Waals surface area contributed by atoms with Gasteiger partial charge >= 0.3 is 0 Å². The lowest BCUT2D eigenvalue weighted by molar-refractivity contribution is 0.630. The summed E-state index contributed by atoms with van der Waals surface area (Å²) in [6.07, 6.45) is 3.41. The van der Waals surface area contributed by atoms with E-state index in [-0.39, 0.29) is 0 Å². The van der Waals surface area contributed by atoms with E-state index in [4.69, 9.17) is 17.3 Å². The Bertz CT molecular complexity index is 1280. The first kappa shape index (κ1) is 20.8. The molecule has 7 nitrogen and oxygen atoms in total. The number of pyridine rings is 2. The Hall–Kier alpha value is -3.47. The number of aromatic nitrogens is 4. The van der Waals surface area contributed by atoms with E-state index < -0.39 is 0 Å². The molecule has 0 bridgehead atoms. The minimum absolute atomic E-state index is 0.483. The maximum absolute atomic E-state index is 9.53. The molecule has 0 aliphatic rings. The van der Waals surface area contributed by atoms with Gasteiger partial charge in [0, 0.05) is 36.6 Å². The lowest BCUT2D eigenvalue weighted by Gasteiger charge is -2.11. The van der Waals surface area contributed by atoms with E-state index in [2.05, 4.69) is 26.5 Å². The minimum Gasteiger partial charge on any atom is -0.384 e. The van der Waals surface area contributed by atoms with Crippen LogP contribution in [0, 0.1) is 25.2 Å². The summed E-state index contributed by atoms with van der Waals surface area (Å²) in [4.78, 5) is 8.64. The van der Waals surface area contributed by atoms with Crippen molar-refractivity contribution in [2.24, 2.45) is 0 Å². The number of nitrogens with one attached hydrogen (secondary N) is 1. The zero-order chi connectivity index (χ0) is 22.0. The number of aryl methyl sites for hydroxylation is 2. The van der Waals surface area contributed by atoms with Crippen molar-refractivity contribution in [1.29, 1.82) is 5.26 Å². The Morgan fingerprint density at radius 3 is 2.81 bits per heavy atom. The van der Waals surface area contributed by atoms with Crippen molar-refractivity contribution in [2.45, 2.75) is 33.5 Å². The second-order valence-electron chi connectivity index (χ2n) is 7.51. The SMILES string of the molecule is Cc1cc(N)nc(C)c1CNCc1nn(Cc2ccc3ncc(Cl)cc3c2)cc1C#N. The summed E-state index contributed by atoms with van der Waals surface area (Å²) in [6.45, 7) is 5.63. The van der Waals surface area contributed by atoms with Crippen molar-refractivity contribution in [2.75, 3.05) is 5.73 Å². The first-order valence-corrected chi connectivity index (χ1v) is 10.2. The van der Waals surface area contributed by atoms with E-state index in [0.29, 0.717) is 41.7 Å². The summed E-state index contributed by atoms with van der Waals surface area (Å²) in [5.41, 5.74) is 12.1. The molecule has 0 saturated carbocycles. The number of rotatable bonds is 6. The molecular weight excluding hydrogens is 410 g/mol. The second-order valence-corrected chi connectivity index (χ2v) is 7.95. The van der Waals surface area contributed by atoms with Crippen molar-refractivity contribution < 1.29 is 0 Å². The van der Waals surface area contributed by atoms with Gasteiger partial charge in [0.2, 0.25) is 0 Å². The van der Waals surface area contributed by atoms with Crippen molar-refractivity contribution in [3.63, 3.8) is 0 Å². The highest BCUT2D eigenvalue weighted by atomic mass is 35.5. The number of halogens is 1.